The highest BCUT2D eigenvalue weighted by atomic mass is 28.4. The van der Waals surface area contributed by atoms with E-state index in [1.165, 1.54) is 44.2 Å². The molecule has 0 aromatic rings. The van der Waals surface area contributed by atoms with Crippen LogP contribution in [0.1, 0.15) is 72.6 Å². The predicted molar refractivity (Wildman–Crippen MR) is 127 cm³/mol. The summed E-state index contributed by atoms with van der Waals surface area (Å²) in [6.07, 6.45) is 8.69. The third-order valence-electron chi connectivity index (χ3n) is 8.46. The molecule has 0 aromatic heterocycles. The summed E-state index contributed by atoms with van der Waals surface area (Å²) in [4.78, 5) is 0. The molecule has 5 heteroatoms. The Hall–Kier alpha value is 0.314. The van der Waals surface area contributed by atoms with Crippen LogP contribution in [-0.4, -0.2) is 39.0 Å². The zero-order valence-electron chi connectivity index (χ0n) is 20.5. The number of hydrogen-bond acceptors (Lipinski definition) is 3. The minimum atomic E-state index is -1.68. The van der Waals surface area contributed by atoms with Crippen molar-refractivity contribution < 1.29 is 14.0 Å². The fourth-order valence-corrected chi connectivity index (χ4v) is 17.2. The topological polar surface area (TPSA) is 42.0 Å². The van der Waals surface area contributed by atoms with E-state index in [0.717, 1.165) is 36.5 Å². The maximum Gasteiger partial charge on any atom is 0.173 e. The van der Waals surface area contributed by atoms with Crippen LogP contribution in [0.3, 0.4) is 0 Å². The lowest BCUT2D eigenvalue weighted by Gasteiger charge is -2.41. The van der Waals surface area contributed by atoms with Crippen molar-refractivity contribution in [2.45, 2.75) is 128 Å². The van der Waals surface area contributed by atoms with E-state index >= 15 is 0 Å². The minimum absolute atomic E-state index is 0.233. The van der Waals surface area contributed by atoms with E-state index in [1.54, 1.807) is 0 Å². The van der Waals surface area contributed by atoms with Crippen LogP contribution in [0.25, 0.3) is 0 Å². The van der Waals surface area contributed by atoms with Gasteiger partial charge in [-0.2, -0.15) is 0 Å². The maximum absolute atomic E-state index is 10.3. The molecule has 3 aliphatic rings. The summed E-state index contributed by atoms with van der Waals surface area (Å²) in [6, 6.07) is 2.56. The summed E-state index contributed by atoms with van der Waals surface area (Å²) in [5.41, 5.74) is -0.190. The Bertz CT molecular complexity index is 566. The first-order valence-electron chi connectivity index (χ1n) is 12.3. The SMILES string of the molecule is CC(C[Si](C)(C)O[Si](C)(C)CC(C)C1CCC2(C)OC2C1)C1CCC(C)(O)CC1. The molecule has 3 rings (SSSR count). The van der Waals surface area contributed by atoms with Crippen LogP contribution in [0.4, 0.5) is 0 Å². The van der Waals surface area contributed by atoms with Gasteiger partial charge in [-0.1, -0.05) is 13.8 Å². The van der Waals surface area contributed by atoms with Crippen LogP contribution in [-0.2, 0) is 8.85 Å². The molecule has 2 saturated carbocycles. The second-order valence-corrected chi connectivity index (χ2v) is 21.4. The van der Waals surface area contributed by atoms with Crippen LogP contribution in [0.2, 0.25) is 38.3 Å². The largest absolute Gasteiger partial charge is 0.455 e. The highest BCUT2D eigenvalue weighted by Gasteiger charge is 2.56. The second-order valence-electron chi connectivity index (χ2n) is 12.8. The Morgan fingerprint density at radius 3 is 1.90 bits per heavy atom. The van der Waals surface area contributed by atoms with Crippen molar-refractivity contribution >= 4 is 16.6 Å². The van der Waals surface area contributed by atoms with Crippen molar-refractivity contribution in [1.29, 1.82) is 0 Å². The van der Waals surface area contributed by atoms with Gasteiger partial charge in [-0.25, -0.2) is 0 Å². The van der Waals surface area contributed by atoms with Crippen LogP contribution in [0.5, 0.6) is 0 Å². The molecule has 0 bridgehead atoms. The lowest BCUT2D eigenvalue weighted by atomic mass is 9.75. The molecule has 3 fully saturated rings. The molecule has 5 atom stereocenters. The van der Waals surface area contributed by atoms with E-state index in [-0.39, 0.29) is 5.60 Å². The van der Waals surface area contributed by atoms with E-state index in [9.17, 15) is 5.11 Å². The van der Waals surface area contributed by atoms with Crippen molar-refractivity contribution in [3.05, 3.63) is 0 Å². The summed E-state index contributed by atoms with van der Waals surface area (Å²) in [6.45, 7) is 19.0. The molecule has 0 spiro atoms. The zero-order chi connectivity index (χ0) is 21.7. The second kappa shape index (κ2) is 8.34. The molecule has 5 unspecified atom stereocenters. The van der Waals surface area contributed by atoms with E-state index in [2.05, 4.69) is 47.0 Å². The first-order valence-corrected chi connectivity index (χ1v) is 18.5. The molecule has 0 amide bonds. The van der Waals surface area contributed by atoms with Gasteiger partial charge in [0.15, 0.2) is 16.6 Å². The van der Waals surface area contributed by atoms with Crippen LogP contribution < -0.4 is 0 Å². The summed E-state index contributed by atoms with van der Waals surface area (Å²) >= 11 is 0. The first kappa shape index (κ1) is 24.0. The number of hydrogen-bond donors (Lipinski definition) is 1. The van der Waals surface area contributed by atoms with Crippen molar-refractivity contribution in [3.8, 4) is 0 Å². The van der Waals surface area contributed by atoms with Crippen molar-refractivity contribution in [1.82, 2.24) is 0 Å². The quantitative estimate of drug-likeness (QED) is 0.342. The standard InChI is InChI=1S/C24H48O3Si2/c1-18(20-9-12-23(3,25)13-10-20)16-28(5,6)27-29(7,8)17-19(2)21-11-14-24(4)22(15-21)26-24/h18-22,25H,9-17H2,1-8H3. The Balaban J connectivity index is 1.47. The molecule has 2 aliphatic carbocycles. The third-order valence-corrected chi connectivity index (χ3v) is 16.1. The Morgan fingerprint density at radius 1 is 0.897 bits per heavy atom. The van der Waals surface area contributed by atoms with Gasteiger partial charge in [0, 0.05) is 0 Å². The molecule has 1 heterocycles. The van der Waals surface area contributed by atoms with E-state index in [1.807, 2.05) is 6.92 Å². The van der Waals surface area contributed by atoms with Gasteiger partial charge >= 0.3 is 0 Å². The maximum atomic E-state index is 10.3. The molecule has 170 valence electrons. The molecule has 1 N–H and O–H groups in total. The normalized spacial score (nSPS) is 40.2. The van der Waals surface area contributed by atoms with Gasteiger partial charge in [0.25, 0.3) is 0 Å². The Labute approximate surface area is 182 Å². The fourth-order valence-electron chi connectivity index (χ4n) is 6.74. The van der Waals surface area contributed by atoms with Crippen molar-refractivity contribution in [3.63, 3.8) is 0 Å². The summed E-state index contributed by atoms with van der Waals surface area (Å²) in [5, 5.41) is 10.3. The molecular weight excluding hydrogens is 392 g/mol. The highest BCUT2D eigenvalue weighted by molar-refractivity contribution is 6.84. The van der Waals surface area contributed by atoms with Gasteiger partial charge in [-0.05, 0) is 121 Å². The van der Waals surface area contributed by atoms with Gasteiger partial charge in [0.1, 0.15) is 0 Å². The summed E-state index contributed by atoms with van der Waals surface area (Å²) in [7, 11) is -3.35. The van der Waals surface area contributed by atoms with Gasteiger partial charge in [-0.15, -0.1) is 0 Å². The molecule has 0 aromatic carbocycles. The van der Waals surface area contributed by atoms with E-state index < -0.39 is 22.2 Å². The predicted octanol–water partition coefficient (Wildman–Crippen LogP) is 6.58. The number of epoxide rings is 1. The number of rotatable bonds is 8. The number of fused-ring (bicyclic) bond motifs is 1. The van der Waals surface area contributed by atoms with E-state index in [4.69, 9.17) is 8.85 Å². The van der Waals surface area contributed by atoms with E-state index in [0.29, 0.717) is 6.10 Å². The molecule has 0 radical (unpaired) electrons. The van der Waals surface area contributed by atoms with Crippen molar-refractivity contribution in [2.75, 3.05) is 0 Å². The smallest absolute Gasteiger partial charge is 0.173 e. The van der Waals surface area contributed by atoms with Gasteiger partial charge in [0.05, 0.1) is 17.3 Å². The summed E-state index contributed by atoms with van der Waals surface area (Å²) < 4.78 is 13.0. The average molecular weight is 441 g/mol. The lowest BCUT2D eigenvalue weighted by Crippen LogP contribution is -2.47. The highest BCUT2D eigenvalue weighted by Crippen LogP contribution is 2.51. The van der Waals surface area contributed by atoms with Crippen LogP contribution in [0.15, 0.2) is 0 Å². The Morgan fingerprint density at radius 2 is 1.38 bits per heavy atom. The van der Waals surface area contributed by atoms with Gasteiger partial charge in [0.2, 0.25) is 0 Å². The Kier molecular flexibility index (Phi) is 6.90. The van der Waals surface area contributed by atoms with Crippen LogP contribution >= 0.6 is 0 Å². The van der Waals surface area contributed by atoms with Gasteiger partial charge < -0.3 is 14.0 Å². The monoisotopic (exact) mass is 440 g/mol. The molecule has 1 aliphatic heterocycles. The molecule has 1 saturated heterocycles. The van der Waals surface area contributed by atoms with Crippen molar-refractivity contribution in [2.24, 2.45) is 23.7 Å². The van der Waals surface area contributed by atoms with Crippen LogP contribution in [0, 0.1) is 23.7 Å². The molecular formula is C24H48O3Si2. The molecule has 29 heavy (non-hydrogen) atoms. The number of ether oxygens (including phenoxy) is 1. The minimum Gasteiger partial charge on any atom is -0.455 e. The average Bonchev–Trinajstić information content (AvgIpc) is 3.22. The van der Waals surface area contributed by atoms with Gasteiger partial charge in [-0.3, -0.25) is 0 Å². The third kappa shape index (κ3) is 6.41. The number of aliphatic hydroxyl groups is 1. The first-order chi connectivity index (χ1) is 13.2. The lowest BCUT2D eigenvalue weighted by molar-refractivity contribution is 0.00142. The molecule has 3 nitrogen and oxygen atoms in total. The fraction of sp³-hybridized carbons (Fsp3) is 1.00. The summed E-state index contributed by atoms with van der Waals surface area (Å²) in [5.74, 6) is 3.07. The zero-order valence-corrected chi connectivity index (χ0v) is 22.5.